The molecule has 0 aliphatic carbocycles. The fourth-order valence-corrected chi connectivity index (χ4v) is 2.68. The molecule has 3 nitrogen and oxygen atoms in total. The molecule has 1 aromatic rings. The largest absolute Gasteiger partial charge is 0.504 e. The number of aryl methyl sites for hydroxylation is 1. The smallest absolute Gasteiger partial charge is 0.160 e. The number of ether oxygens (including phenoxy) is 1. The number of phenolic OH excluding ortho intramolecular Hbond substituents is 1. The molecule has 0 aliphatic rings. The summed E-state index contributed by atoms with van der Waals surface area (Å²) in [6.45, 7) is 2.21. The molecule has 0 amide bonds. The molecule has 0 heterocycles. The lowest BCUT2D eigenvalue weighted by Gasteiger charge is -2.05. The molecule has 1 rings (SSSR count). The number of ketones is 1. The van der Waals surface area contributed by atoms with Crippen molar-refractivity contribution in [3.05, 3.63) is 35.9 Å². The molecule has 0 saturated heterocycles. The fourth-order valence-electron chi connectivity index (χ4n) is 2.68. The second-order valence-corrected chi connectivity index (χ2v) is 6.28. The summed E-state index contributed by atoms with van der Waals surface area (Å²) in [6.07, 6.45) is 14.5. The van der Waals surface area contributed by atoms with Crippen molar-refractivity contribution >= 4 is 5.78 Å². The number of allylic oxidation sites excluding steroid dienone is 2. The molecule has 0 radical (unpaired) electrons. The molecular formula is C21H32O3. The first-order valence-electron chi connectivity index (χ1n) is 9.22. The molecule has 0 atom stereocenters. The maximum absolute atomic E-state index is 11.8. The van der Waals surface area contributed by atoms with E-state index in [-0.39, 0.29) is 11.5 Å². The van der Waals surface area contributed by atoms with Crippen LogP contribution in [0.4, 0.5) is 0 Å². The van der Waals surface area contributed by atoms with Gasteiger partial charge in [-0.15, -0.1) is 0 Å². The van der Waals surface area contributed by atoms with Gasteiger partial charge in [-0.3, -0.25) is 4.79 Å². The van der Waals surface area contributed by atoms with Crippen molar-refractivity contribution in [2.45, 2.75) is 71.1 Å². The number of carbonyl (C=O) groups is 1. The quantitative estimate of drug-likeness (QED) is 0.378. The molecule has 0 aliphatic heterocycles. The highest BCUT2D eigenvalue weighted by atomic mass is 16.5. The number of unbranched alkanes of at least 4 members (excludes halogenated alkanes) is 6. The van der Waals surface area contributed by atoms with Crippen LogP contribution in [0.2, 0.25) is 0 Å². The standard InChI is InChI=1S/C21H32O3/c1-3-4-5-6-7-10-13-19(22)14-11-8-9-12-18-15-16-20(23)21(17-18)24-2/h11,14-17,23H,3-10,12-13H2,1-2H3. The number of benzene rings is 1. The zero-order valence-electron chi connectivity index (χ0n) is 15.2. The van der Waals surface area contributed by atoms with Gasteiger partial charge in [-0.25, -0.2) is 0 Å². The van der Waals surface area contributed by atoms with Gasteiger partial charge >= 0.3 is 0 Å². The van der Waals surface area contributed by atoms with Crippen LogP contribution in [0, 0.1) is 0 Å². The molecule has 0 aromatic heterocycles. The Labute approximate surface area is 146 Å². The predicted molar refractivity (Wildman–Crippen MR) is 99.7 cm³/mol. The number of hydrogen-bond acceptors (Lipinski definition) is 3. The number of methoxy groups -OCH3 is 1. The lowest BCUT2D eigenvalue weighted by molar-refractivity contribution is -0.114. The van der Waals surface area contributed by atoms with E-state index in [1.54, 1.807) is 19.3 Å². The van der Waals surface area contributed by atoms with E-state index in [9.17, 15) is 9.90 Å². The number of aromatic hydroxyl groups is 1. The van der Waals surface area contributed by atoms with E-state index >= 15 is 0 Å². The topological polar surface area (TPSA) is 46.5 Å². The third kappa shape index (κ3) is 8.76. The van der Waals surface area contributed by atoms with Gasteiger partial charge in [0.15, 0.2) is 17.3 Å². The first kappa shape index (κ1) is 20.3. The fraction of sp³-hybridized carbons (Fsp3) is 0.571. The number of carbonyl (C=O) groups excluding carboxylic acids is 1. The van der Waals surface area contributed by atoms with Gasteiger partial charge in [-0.2, -0.15) is 0 Å². The Morgan fingerprint density at radius 1 is 1.12 bits per heavy atom. The molecule has 1 N–H and O–H groups in total. The molecule has 0 saturated carbocycles. The zero-order valence-corrected chi connectivity index (χ0v) is 15.2. The summed E-state index contributed by atoms with van der Waals surface area (Å²) in [6, 6.07) is 5.43. The minimum atomic E-state index is 0.168. The lowest BCUT2D eigenvalue weighted by atomic mass is 10.1. The van der Waals surface area contributed by atoms with E-state index in [1.165, 1.54) is 32.1 Å². The normalized spacial score (nSPS) is 11.1. The van der Waals surface area contributed by atoms with Crippen LogP contribution in [0.15, 0.2) is 30.4 Å². The lowest BCUT2D eigenvalue weighted by Crippen LogP contribution is -1.93. The second-order valence-electron chi connectivity index (χ2n) is 6.28. The maximum atomic E-state index is 11.8. The third-order valence-corrected chi connectivity index (χ3v) is 4.16. The summed E-state index contributed by atoms with van der Waals surface area (Å²) in [7, 11) is 1.55. The predicted octanol–water partition coefficient (Wildman–Crippen LogP) is 5.60. The maximum Gasteiger partial charge on any atom is 0.160 e. The van der Waals surface area contributed by atoms with Gasteiger partial charge in [0.2, 0.25) is 0 Å². The summed E-state index contributed by atoms with van der Waals surface area (Å²) < 4.78 is 5.10. The van der Waals surface area contributed by atoms with E-state index < -0.39 is 0 Å². The van der Waals surface area contributed by atoms with Crippen LogP contribution in [-0.4, -0.2) is 18.0 Å². The second kappa shape index (κ2) is 12.6. The van der Waals surface area contributed by atoms with Crippen molar-refractivity contribution in [1.29, 1.82) is 0 Å². The molecular weight excluding hydrogens is 300 g/mol. The number of rotatable bonds is 13. The number of phenols is 1. The van der Waals surface area contributed by atoms with Crippen molar-refractivity contribution in [1.82, 2.24) is 0 Å². The molecule has 0 spiro atoms. The van der Waals surface area contributed by atoms with Gasteiger partial charge in [-0.1, -0.05) is 51.2 Å². The summed E-state index contributed by atoms with van der Waals surface area (Å²) in [5.74, 6) is 0.926. The molecule has 0 bridgehead atoms. The Kier molecular flexibility index (Phi) is 10.7. The van der Waals surface area contributed by atoms with E-state index in [0.29, 0.717) is 12.2 Å². The van der Waals surface area contributed by atoms with Crippen molar-refractivity contribution < 1.29 is 14.6 Å². The average Bonchev–Trinajstić information content (AvgIpc) is 2.59. The highest BCUT2D eigenvalue weighted by Crippen LogP contribution is 2.26. The number of hydrogen-bond donors (Lipinski definition) is 1. The summed E-state index contributed by atoms with van der Waals surface area (Å²) in [5, 5.41) is 9.56. The van der Waals surface area contributed by atoms with Crippen molar-refractivity contribution in [2.75, 3.05) is 7.11 Å². The summed E-state index contributed by atoms with van der Waals surface area (Å²) >= 11 is 0. The minimum Gasteiger partial charge on any atom is -0.504 e. The Hall–Kier alpha value is -1.77. The van der Waals surface area contributed by atoms with Gasteiger partial charge in [-0.05, 0) is 49.5 Å². The molecule has 0 unspecified atom stereocenters. The van der Waals surface area contributed by atoms with Crippen LogP contribution in [0.1, 0.15) is 70.3 Å². The van der Waals surface area contributed by atoms with Gasteiger partial charge in [0.1, 0.15) is 0 Å². The average molecular weight is 332 g/mol. The van der Waals surface area contributed by atoms with Crippen LogP contribution < -0.4 is 4.74 Å². The Bertz CT molecular complexity index is 506. The van der Waals surface area contributed by atoms with Crippen molar-refractivity contribution in [3.63, 3.8) is 0 Å². The van der Waals surface area contributed by atoms with E-state index in [0.717, 1.165) is 31.2 Å². The highest BCUT2D eigenvalue weighted by molar-refractivity contribution is 5.89. The van der Waals surface area contributed by atoms with E-state index in [2.05, 4.69) is 6.92 Å². The Morgan fingerprint density at radius 2 is 1.88 bits per heavy atom. The van der Waals surface area contributed by atoms with Crippen LogP contribution in [0.3, 0.4) is 0 Å². The van der Waals surface area contributed by atoms with E-state index in [1.807, 2.05) is 18.2 Å². The van der Waals surface area contributed by atoms with Gasteiger partial charge in [0.25, 0.3) is 0 Å². The Morgan fingerprint density at radius 3 is 2.62 bits per heavy atom. The Balaban J connectivity index is 2.13. The van der Waals surface area contributed by atoms with E-state index in [4.69, 9.17) is 4.74 Å². The highest BCUT2D eigenvalue weighted by Gasteiger charge is 2.02. The molecule has 134 valence electrons. The first-order valence-corrected chi connectivity index (χ1v) is 9.22. The first-order chi connectivity index (χ1) is 11.7. The zero-order chi connectivity index (χ0) is 17.6. The van der Waals surface area contributed by atoms with Crippen LogP contribution in [0.5, 0.6) is 11.5 Å². The summed E-state index contributed by atoms with van der Waals surface area (Å²) in [5.41, 5.74) is 1.14. The molecule has 3 heteroatoms. The van der Waals surface area contributed by atoms with Gasteiger partial charge in [0.05, 0.1) is 7.11 Å². The van der Waals surface area contributed by atoms with Crippen molar-refractivity contribution in [2.24, 2.45) is 0 Å². The van der Waals surface area contributed by atoms with Crippen LogP contribution in [-0.2, 0) is 11.2 Å². The molecule has 1 aromatic carbocycles. The van der Waals surface area contributed by atoms with Gasteiger partial charge in [0, 0.05) is 6.42 Å². The third-order valence-electron chi connectivity index (χ3n) is 4.16. The summed E-state index contributed by atoms with van der Waals surface area (Å²) in [4.78, 5) is 11.8. The SMILES string of the molecule is CCCCCCCCC(=O)C=CCCCc1ccc(O)c(OC)c1. The minimum absolute atomic E-state index is 0.168. The van der Waals surface area contributed by atoms with Gasteiger partial charge < -0.3 is 9.84 Å². The van der Waals surface area contributed by atoms with Crippen molar-refractivity contribution in [3.8, 4) is 11.5 Å². The monoisotopic (exact) mass is 332 g/mol. The van der Waals surface area contributed by atoms with Crippen LogP contribution >= 0.6 is 0 Å². The van der Waals surface area contributed by atoms with Crippen LogP contribution in [0.25, 0.3) is 0 Å². The molecule has 24 heavy (non-hydrogen) atoms. The molecule has 0 fully saturated rings.